The topological polar surface area (TPSA) is 67.9 Å². The quantitative estimate of drug-likeness (QED) is 0.806. The molecule has 3 rings (SSSR count). The monoisotopic (exact) mass is 376 g/mol. The highest BCUT2D eigenvalue weighted by atomic mass is 32.2. The molecule has 7 heteroatoms. The Morgan fingerprint density at radius 1 is 1.12 bits per heavy atom. The van der Waals surface area contributed by atoms with E-state index < -0.39 is 10.2 Å². The third-order valence-corrected chi connectivity index (χ3v) is 5.92. The van der Waals surface area contributed by atoms with Gasteiger partial charge in [0.2, 0.25) is 0 Å². The summed E-state index contributed by atoms with van der Waals surface area (Å²) in [6.07, 6.45) is 0.730. The van der Waals surface area contributed by atoms with Gasteiger partial charge in [0.25, 0.3) is 10.2 Å². The van der Waals surface area contributed by atoms with E-state index in [2.05, 4.69) is 10.8 Å². The molecule has 0 aliphatic carbocycles. The van der Waals surface area contributed by atoms with E-state index in [1.807, 2.05) is 31.2 Å². The van der Waals surface area contributed by atoms with Gasteiger partial charge in [0.15, 0.2) is 11.5 Å². The van der Waals surface area contributed by atoms with Crippen molar-refractivity contribution in [2.75, 3.05) is 20.3 Å². The van der Waals surface area contributed by atoms with Crippen LogP contribution in [0.15, 0.2) is 42.5 Å². The molecule has 0 spiro atoms. The Bertz CT molecular complexity index is 868. The summed E-state index contributed by atoms with van der Waals surface area (Å²) in [5.41, 5.74) is 3.09. The number of nitrogens with one attached hydrogen (secondary N) is 1. The van der Waals surface area contributed by atoms with Crippen molar-refractivity contribution in [1.82, 2.24) is 9.03 Å². The molecule has 2 aromatic rings. The standard InChI is InChI=1S/C19H24N2O4S/c1-3-25-18-9-8-15(12-19(18)24-2)13-20-26(22,23)21-11-10-16-6-4-5-7-17(16)14-21/h4-9,12,20H,3,10-11,13-14H2,1-2H3. The lowest BCUT2D eigenvalue weighted by Gasteiger charge is -2.28. The van der Waals surface area contributed by atoms with Crippen LogP contribution in [-0.2, 0) is 29.7 Å². The highest BCUT2D eigenvalue weighted by molar-refractivity contribution is 7.87. The molecule has 0 bridgehead atoms. The predicted octanol–water partition coefficient (Wildman–Crippen LogP) is 2.49. The van der Waals surface area contributed by atoms with Crippen LogP contribution in [0.3, 0.4) is 0 Å². The summed E-state index contributed by atoms with van der Waals surface area (Å²) in [6, 6.07) is 13.4. The van der Waals surface area contributed by atoms with Crippen LogP contribution in [0.25, 0.3) is 0 Å². The lowest BCUT2D eigenvalue weighted by molar-refractivity contribution is 0.310. The number of rotatable bonds is 7. The molecule has 1 aliphatic rings. The molecular formula is C19H24N2O4S. The summed E-state index contributed by atoms with van der Waals surface area (Å²) >= 11 is 0. The van der Waals surface area contributed by atoms with Crippen molar-refractivity contribution >= 4 is 10.2 Å². The van der Waals surface area contributed by atoms with E-state index in [-0.39, 0.29) is 6.54 Å². The summed E-state index contributed by atoms with van der Waals surface area (Å²) in [5.74, 6) is 1.24. The molecule has 1 N–H and O–H groups in total. The maximum absolute atomic E-state index is 12.7. The number of benzene rings is 2. The molecule has 0 saturated heterocycles. The smallest absolute Gasteiger partial charge is 0.280 e. The van der Waals surface area contributed by atoms with Gasteiger partial charge in [-0.15, -0.1) is 0 Å². The molecule has 0 amide bonds. The Hall–Kier alpha value is -2.09. The van der Waals surface area contributed by atoms with Crippen LogP contribution in [0.1, 0.15) is 23.6 Å². The molecule has 0 atom stereocenters. The molecule has 1 heterocycles. The number of ether oxygens (including phenoxy) is 2. The first kappa shape index (κ1) is 18.7. The molecule has 2 aromatic carbocycles. The molecule has 6 nitrogen and oxygen atoms in total. The summed E-state index contributed by atoms with van der Waals surface area (Å²) in [7, 11) is -1.99. The first-order valence-corrected chi connectivity index (χ1v) is 10.1. The van der Waals surface area contributed by atoms with E-state index in [1.54, 1.807) is 19.2 Å². The van der Waals surface area contributed by atoms with E-state index >= 15 is 0 Å². The van der Waals surface area contributed by atoms with Crippen LogP contribution in [0.4, 0.5) is 0 Å². The van der Waals surface area contributed by atoms with Crippen molar-refractivity contribution in [3.05, 3.63) is 59.2 Å². The number of hydrogen-bond donors (Lipinski definition) is 1. The van der Waals surface area contributed by atoms with Crippen molar-refractivity contribution in [1.29, 1.82) is 0 Å². The van der Waals surface area contributed by atoms with Crippen LogP contribution >= 0.6 is 0 Å². The van der Waals surface area contributed by atoms with Gasteiger partial charge >= 0.3 is 0 Å². The minimum absolute atomic E-state index is 0.198. The van der Waals surface area contributed by atoms with Gasteiger partial charge in [0.1, 0.15) is 0 Å². The molecular weight excluding hydrogens is 352 g/mol. The highest BCUT2D eigenvalue weighted by Gasteiger charge is 2.26. The largest absolute Gasteiger partial charge is 0.493 e. The second-order valence-electron chi connectivity index (χ2n) is 6.10. The lowest BCUT2D eigenvalue weighted by Crippen LogP contribution is -2.43. The minimum atomic E-state index is -3.55. The first-order chi connectivity index (χ1) is 12.5. The SMILES string of the molecule is CCOc1ccc(CNS(=O)(=O)N2CCc3ccccc3C2)cc1OC. The summed E-state index contributed by atoms with van der Waals surface area (Å²) < 4.78 is 40.3. The Morgan fingerprint density at radius 2 is 1.88 bits per heavy atom. The average molecular weight is 376 g/mol. The fraction of sp³-hybridized carbons (Fsp3) is 0.368. The number of hydrogen-bond acceptors (Lipinski definition) is 4. The Balaban J connectivity index is 1.67. The molecule has 0 radical (unpaired) electrons. The number of fused-ring (bicyclic) bond motifs is 1. The molecule has 0 saturated carbocycles. The van der Waals surface area contributed by atoms with Crippen LogP contribution in [0, 0.1) is 0 Å². The highest BCUT2D eigenvalue weighted by Crippen LogP contribution is 2.28. The number of nitrogens with zero attached hydrogens (tertiary/aromatic N) is 1. The second kappa shape index (κ2) is 8.07. The van der Waals surface area contributed by atoms with Gasteiger partial charge in [-0.3, -0.25) is 0 Å². The zero-order valence-electron chi connectivity index (χ0n) is 15.1. The van der Waals surface area contributed by atoms with E-state index in [1.165, 1.54) is 9.87 Å². The maximum Gasteiger partial charge on any atom is 0.280 e. The van der Waals surface area contributed by atoms with Gasteiger partial charge in [-0.05, 0) is 42.2 Å². The molecule has 0 aromatic heterocycles. The fourth-order valence-corrected chi connectivity index (χ4v) is 4.21. The third-order valence-electron chi connectivity index (χ3n) is 4.42. The van der Waals surface area contributed by atoms with E-state index in [4.69, 9.17) is 9.47 Å². The normalized spacial score (nSPS) is 14.7. The Morgan fingerprint density at radius 3 is 2.62 bits per heavy atom. The van der Waals surface area contributed by atoms with Crippen molar-refractivity contribution < 1.29 is 17.9 Å². The van der Waals surface area contributed by atoms with E-state index in [0.717, 1.165) is 17.5 Å². The van der Waals surface area contributed by atoms with Crippen LogP contribution in [-0.4, -0.2) is 33.0 Å². The van der Waals surface area contributed by atoms with E-state index in [0.29, 0.717) is 31.2 Å². The van der Waals surface area contributed by atoms with Gasteiger partial charge < -0.3 is 9.47 Å². The zero-order valence-corrected chi connectivity index (χ0v) is 15.9. The van der Waals surface area contributed by atoms with Crippen LogP contribution in [0.2, 0.25) is 0 Å². The average Bonchev–Trinajstić information content (AvgIpc) is 2.67. The Kier molecular flexibility index (Phi) is 5.80. The molecule has 0 fully saturated rings. The van der Waals surface area contributed by atoms with Gasteiger partial charge in [-0.2, -0.15) is 17.4 Å². The van der Waals surface area contributed by atoms with Crippen molar-refractivity contribution in [2.45, 2.75) is 26.4 Å². The molecule has 140 valence electrons. The molecule has 26 heavy (non-hydrogen) atoms. The van der Waals surface area contributed by atoms with Crippen LogP contribution < -0.4 is 14.2 Å². The lowest BCUT2D eigenvalue weighted by atomic mass is 10.0. The maximum atomic E-state index is 12.7. The van der Waals surface area contributed by atoms with Crippen molar-refractivity contribution in [2.24, 2.45) is 0 Å². The van der Waals surface area contributed by atoms with Gasteiger partial charge in [0, 0.05) is 19.6 Å². The van der Waals surface area contributed by atoms with Gasteiger partial charge in [0.05, 0.1) is 13.7 Å². The van der Waals surface area contributed by atoms with Crippen molar-refractivity contribution in [3.63, 3.8) is 0 Å². The molecule has 0 unspecified atom stereocenters. The molecule has 1 aliphatic heterocycles. The van der Waals surface area contributed by atoms with E-state index in [9.17, 15) is 8.42 Å². The Labute approximate surface area is 154 Å². The van der Waals surface area contributed by atoms with Crippen LogP contribution in [0.5, 0.6) is 11.5 Å². The summed E-state index contributed by atoms with van der Waals surface area (Å²) in [5, 5.41) is 0. The summed E-state index contributed by atoms with van der Waals surface area (Å²) in [6.45, 7) is 3.53. The van der Waals surface area contributed by atoms with Crippen molar-refractivity contribution in [3.8, 4) is 11.5 Å². The van der Waals surface area contributed by atoms with Gasteiger partial charge in [-0.25, -0.2) is 0 Å². The van der Waals surface area contributed by atoms with Gasteiger partial charge in [-0.1, -0.05) is 30.3 Å². The second-order valence-corrected chi connectivity index (χ2v) is 7.85. The zero-order chi connectivity index (χ0) is 18.6. The predicted molar refractivity (Wildman–Crippen MR) is 100 cm³/mol. The fourth-order valence-electron chi connectivity index (χ4n) is 3.04. The summed E-state index contributed by atoms with van der Waals surface area (Å²) in [4.78, 5) is 0. The minimum Gasteiger partial charge on any atom is -0.493 e. The first-order valence-electron chi connectivity index (χ1n) is 8.64. The number of methoxy groups -OCH3 is 1. The third kappa shape index (κ3) is 4.17.